The molecule has 0 radical (unpaired) electrons. The highest BCUT2D eigenvalue weighted by atomic mass is 19.1. The van der Waals surface area contributed by atoms with Crippen molar-refractivity contribution in [3.8, 4) is 0 Å². The van der Waals surface area contributed by atoms with Crippen molar-refractivity contribution < 1.29 is 14.3 Å². The molecule has 0 aliphatic carbocycles. The fraction of sp³-hybridized carbons (Fsp3) is 0.143. The average molecular weight is 261 g/mol. The Morgan fingerprint density at radius 1 is 1.26 bits per heavy atom. The Morgan fingerprint density at radius 2 is 1.89 bits per heavy atom. The number of nitrogens with zero attached hydrogens (tertiary/aromatic N) is 1. The van der Waals surface area contributed by atoms with Crippen LogP contribution < -0.4 is 5.43 Å². The van der Waals surface area contributed by atoms with Gasteiger partial charge in [0, 0.05) is 31.4 Å². The Balaban J connectivity index is 2.43. The lowest BCUT2D eigenvalue weighted by Crippen LogP contribution is -2.21. The summed E-state index contributed by atoms with van der Waals surface area (Å²) in [4.78, 5) is 22.9. The zero-order valence-corrected chi connectivity index (χ0v) is 10.3. The lowest BCUT2D eigenvalue weighted by Gasteiger charge is -2.06. The van der Waals surface area contributed by atoms with E-state index in [1.54, 1.807) is 25.4 Å². The van der Waals surface area contributed by atoms with Crippen LogP contribution in [-0.4, -0.2) is 15.6 Å². The maximum absolute atomic E-state index is 12.8. The number of aromatic nitrogens is 1. The summed E-state index contributed by atoms with van der Waals surface area (Å²) in [6.45, 7) is 0. The topological polar surface area (TPSA) is 59.3 Å². The van der Waals surface area contributed by atoms with Gasteiger partial charge in [-0.15, -0.1) is 0 Å². The number of carboxylic acids is 1. The molecule has 0 fully saturated rings. The van der Waals surface area contributed by atoms with Crippen LogP contribution in [0.3, 0.4) is 0 Å². The minimum atomic E-state index is -1.25. The van der Waals surface area contributed by atoms with Gasteiger partial charge in [-0.2, -0.15) is 0 Å². The van der Waals surface area contributed by atoms with Crippen LogP contribution in [-0.2, 0) is 13.5 Å². The van der Waals surface area contributed by atoms with Gasteiger partial charge in [0.05, 0.1) is 0 Å². The molecule has 0 spiro atoms. The van der Waals surface area contributed by atoms with Crippen molar-refractivity contribution in [2.45, 2.75) is 6.42 Å². The molecule has 0 saturated heterocycles. The maximum atomic E-state index is 12.8. The zero-order valence-electron chi connectivity index (χ0n) is 10.3. The monoisotopic (exact) mass is 261 g/mol. The highest BCUT2D eigenvalue weighted by Gasteiger charge is 2.13. The van der Waals surface area contributed by atoms with Crippen molar-refractivity contribution in [3.05, 3.63) is 69.4 Å². The van der Waals surface area contributed by atoms with E-state index < -0.39 is 11.4 Å². The third-order valence-corrected chi connectivity index (χ3v) is 2.77. The van der Waals surface area contributed by atoms with E-state index in [0.29, 0.717) is 5.56 Å². The van der Waals surface area contributed by atoms with Crippen molar-refractivity contribution in [1.29, 1.82) is 0 Å². The van der Waals surface area contributed by atoms with E-state index in [4.69, 9.17) is 5.11 Å². The molecule has 1 aromatic heterocycles. The van der Waals surface area contributed by atoms with Crippen molar-refractivity contribution in [2.24, 2.45) is 7.05 Å². The first kappa shape index (κ1) is 13.0. The van der Waals surface area contributed by atoms with Gasteiger partial charge in [0.2, 0.25) is 0 Å². The average Bonchev–Trinajstić information content (AvgIpc) is 2.35. The second-order valence-corrected chi connectivity index (χ2v) is 4.30. The van der Waals surface area contributed by atoms with Gasteiger partial charge in [0.1, 0.15) is 11.4 Å². The Hall–Kier alpha value is -2.43. The summed E-state index contributed by atoms with van der Waals surface area (Å²) in [6, 6.07) is 5.76. The molecule has 1 heterocycles. The summed E-state index contributed by atoms with van der Waals surface area (Å²) in [7, 11) is 1.65. The van der Waals surface area contributed by atoms with Crippen molar-refractivity contribution in [3.63, 3.8) is 0 Å². The molecular formula is C14H12FNO3. The summed E-state index contributed by atoms with van der Waals surface area (Å²) >= 11 is 0. The highest BCUT2D eigenvalue weighted by molar-refractivity contribution is 5.87. The molecule has 0 aliphatic rings. The van der Waals surface area contributed by atoms with Gasteiger partial charge in [0.25, 0.3) is 0 Å². The van der Waals surface area contributed by atoms with Crippen molar-refractivity contribution in [1.82, 2.24) is 4.57 Å². The van der Waals surface area contributed by atoms with E-state index in [-0.39, 0.29) is 17.8 Å². The third kappa shape index (κ3) is 2.88. The number of aryl methyl sites for hydroxylation is 1. The van der Waals surface area contributed by atoms with Gasteiger partial charge in [-0.25, -0.2) is 9.18 Å². The Morgan fingerprint density at radius 3 is 2.47 bits per heavy atom. The first-order valence-electron chi connectivity index (χ1n) is 5.64. The first-order valence-corrected chi connectivity index (χ1v) is 5.64. The standard InChI is InChI=1S/C14H12FNO3/c1-16-7-10(13(17)12(8-16)14(18)19)6-9-2-4-11(15)5-3-9/h2-5,7-8H,6H2,1H3,(H,18,19). The lowest BCUT2D eigenvalue weighted by atomic mass is 10.0. The van der Waals surface area contributed by atoms with Crippen LogP contribution in [0.2, 0.25) is 0 Å². The minimum absolute atomic E-state index is 0.262. The number of pyridine rings is 1. The number of hydrogen-bond donors (Lipinski definition) is 1. The fourth-order valence-electron chi connectivity index (χ4n) is 1.88. The Labute approximate surface area is 108 Å². The number of hydrogen-bond acceptors (Lipinski definition) is 2. The van der Waals surface area contributed by atoms with E-state index in [9.17, 15) is 14.0 Å². The van der Waals surface area contributed by atoms with E-state index >= 15 is 0 Å². The van der Waals surface area contributed by atoms with Gasteiger partial charge in [-0.3, -0.25) is 4.79 Å². The molecule has 98 valence electrons. The number of aromatic carboxylic acids is 1. The summed E-state index contributed by atoms with van der Waals surface area (Å²) < 4.78 is 14.3. The molecule has 4 nitrogen and oxygen atoms in total. The van der Waals surface area contributed by atoms with Crippen LogP contribution in [0.25, 0.3) is 0 Å². The molecule has 0 bridgehead atoms. The van der Waals surface area contributed by atoms with Crippen molar-refractivity contribution >= 4 is 5.97 Å². The normalized spacial score (nSPS) is 10.4. The number of carbonyl (C=O) groups is 1. The molecule has 19 heavy (non-hydrogen) atoms. The Bertz CT molecular complexity index is 674. The van der Waals surface area contributed by atoms with Crippen LogP contribution in [0.4, 0.5) is 4.39 Å². The summed E-state index contributed by atoms with van der Waals surface area (Å²) in [5.74, 6) is -1.60. The Kier molecular flexibility index (Phi) is 3.46. The van der Waals surface area contributed by atoms with Gasteiger partial charge in [-0.05, 0) is 17.7 Å². The SMILES string of the molecule is Cn1cc(Cc2ccc(F)cc2)c(=O)c(C(=O)O)c1. The molecular weight excluding hydrogens is 249 g/mol. The van der Waals surface area contributed by atoms with Crippen LogP contribution in [0, 0.1) is 5.82 Å². The van der Waals surface area contributed by atoms with Gasteiger partial charge >= 0.3 is 5.97 Å². The third-order valence-electron chi connectivity index (χ3n) is 2.77. The second-order valence-electron chi connectivity index (χ2n) is 4.30. The molecule has 5 heteroatoms. The zero-order chi connectivity index (χ0) is 14.0. The predicted octanol–water partition coefficient (Wildman–Crippen LogP) is 1.81. The van der Waals surface area contributed by atoms with Gasteiger partial charge < -0.3 is 9.67 Å². The maximum Gasteiger partial charge on any atom is 0.341 e. The van der Waals surface area contributed by atoms with E-state index in [2.05, 4.69) is 0 Å². The lowest BCUT2D eigenvalue weighted by molar-refractivity contribution is 0.0694. The van der Waals surface area contributed by atoms with Crippen LogP contribution in [0.15, 0.2) is 41.5 Å². The number of benzene rings is 1. The molecule has 0 aliphatic heterocycles. The summed E-state index contributed by atoms with van der Waals surface area (Å²) in [5.41, 5.74) is 0.354. The minimum Gasteiger partial charge on any atom is -0.477 e. The molecule has 0 unspecified atom stereocenters. The fourth-order valence-corrected chi connectivity index (χ4v) is 1.88. The predicted molar refractivity (Wildman–Crippen MR) is 67.8 cm³/mol. The molecule has 0 saturated carbocycles. The molecule has 1 N–H and O–H groups in total. The number of rotatable bonds is 3. The summed E-state index contributed by atoms with van der Waals surface area (Å²) in [5, 5.41) is 8.95. The van der Waals surface area contributed by atoms with Gasteiger partial charge in [0.15, 0.2) is 5.43 Å². The van der Waals surface area contributed by atoms with Crippen LogP contribution >= 0.6 is 0 Å². The van der Waals surface area contributed by atoms with E-state index in [0.717, 1.165) is 5.56 Å². The molecule has 2 rings (SSSR count). The van der Waals surface area contributed by atoms with E-state index in [1.807, 2.05) is 0 Å². The molecule has 1 aromatic carbocycles. The molecule has 2 aromatic rings. The molecule has 0 amide bonds. The molecule has 0 atom stereocenters. The number of halogens is 1. The van der Waals surface area contributed by atoms with Gasteiger partial charge in [-0.1, -0.05) is 12.1 Å². The van der Waals surface area contributed by atoms with Crippen molar-refractivity contribution in [2.75, 3.05) is 0 Å². The van der Waals surface area contributed by atoms with Crippen LogP contribution in [0.5, 0.6) is 0 Å². The quantitative estimate of drug-likeness (QED) is 0.916. The largest absolute Gasteiger partial charge is 0.477 e. The second kappa shape index (κ2) is 5.06. The van der Waals surface area contributed by atoms with Crippen LogP contribution in [0.1, 0.15) is 21.5 Å². The van der Waals surface area contributed by atoms with E-state index in [1.165, 1.54) is 22.9 Å². The smallest absolute Gasteiger partial charge is 0.341 e. The first-order chi connectivity index (χ1) is 8.97. The summed E-state index contributed by atoms with van der Waals surface area (Å²) in [6.07, 6.45) is 3.13. The number of carboxylic acid groups (broad SMARTS) is 1. The highest BCUT2D eigenvalue weighted by Crippen LogP contribution is 2.08.